The lowest BCUT2D eigenvalue weighted by Crippen LogP contribution is -2.41. The van der Waals surface area contributed by atoms with Crippen LogP contribution in [0.4, 0.5) is 0 Å². The number of nitrogens with zero attached hydrogens (tertiary/aromatic N) is 2. The predicted molar refractivity (Wildman–Crippen MR) is 127 cm³/mol. The van der Waals surface area contributed by atoms with E-state index in [0.717, 1.165) is 28.2 Å². The molecule has 33 heavy (non-hydrogen) atoms. The first-order valence-corrected chi connectivity index (χ1v) is 11.4. The van der Waals surface area contributed by atoms with Crippen LogP contribution in [0.15, 0.2) is 24.3 Å². The Labute approximate surface area is 197 Å². The third-order valence-electron chi connectivity index (χ3n) is 6.34. The number of hydrogen-bond acceptors (Lipinski definition) is 7. The van der Waals surface area contributed by atoms with Crippen LogP contribution < -0.4 is 10.3 Å². The SMILES string of the molecule is COCCOCCc1nn(C)c(B2OC(C)(C)C(C)(C)O2)c1COCc1ccc(OC)cc1. The molecule has 9 heteroatoms. The fraction of sp³-hybridized carbons (Fsp3) is 0.625. The van der Waals surface area contributed by atoms with Gasteiger partial charge in [-0.25, -0.2) is 0 Å². The van der Waals surface area contributed by atoms with Crippen molar-refractivity contribution in [2.75, 3.05) is 34.0 Å². The number of rotatable bonds is 12. The number of ether oxygens (including phenoxy) is 4. The molecule has 8 nitrogen and oxygen atoms in total. The lowest BCUT2D eigenvalue weighted by molar-refractivity contribution is 0.00578. The summed E-state index contributed by atoms with van der Waals surface area (Å²) in [5.74, 6) is 0.824. The second-order valence-corrected chi connectivity index (χ2v) is 9.22. The first-order valence-electron chi connectivity index (χ1n) is 11.4. The average molecular weight is 460 g/mol. The average Bonchev–Trinajstić information content (AvgIpc) is 3.19. The van der Waals surface area contributed by atoms with Gasteiger partial charge in [-0.3, -0.25) is 4.68 Å². The van der Waals surface area contributed by atoms with Crippen molar-refractivity contribution in [3.05, 3.63) is 41.1 Å². The van der Waals surface area contributed by atoms with E-state index in [9.17, 15) is 0 Å². The molecule has 1 aliphatic heterocycles. The summed E-state index contributed by atoms with van der Waals surface area (Å²) in [6.45, 7) is 10.7. The molecule has 3 rings (SSSR count). The van der Waals surface area contributed by atoms with Crippen molar-refractivity contribution >= 4 is 12.7 Å². The van der Waals surface area contributed by atoms with Crippen LogP contribution in [0.2, 0.25) is 0 Å². The fourth-order valence-corrected chi connectivity index (χ4v) is 3.65. The van der Waals surface area contributed by atoms with Crippen LogP contribution in [0.25, 0.3) is 0 Å². The molecule has 0 N–H and O–H groups in total. The molecule has 0 radical (unpaired) electrons. The second-order valence-electron chi connectivity index (χ2n) is 9.22. The summed E-state index contributed by atoms with van der Waals surface area (Å²) in [6.07, 6.45) is 0.665. The molecule has 182 valence electrons. The van der Waals surface area contributed by atoms with Crippen molar-refractivity contribution in [1.29, 1.82) is 0 Å². The molecule has 2 aromatic rings. The molecule has 1 aromatic heterocycles. The lowest BCUT2D eigenvalue weighted by Gasteiger charge is -2.32. The Kier molecular flexibility index (Phi) is 8.58. The van der Waals surface area contributed by atoms with Gasteiger partial charge in [-0.15, -0.1) is 0 Å². The molecule has 1 aromatic carbocycles. The highest BCUT2D eigenvalue weighted by atomic mass is 16.7. The van der Waals surface area contributed by atoms with Crippen LogP contribution in [0, 0.1) is 0 Å². The van der Waals surface area contributed by atoms with E-state index in [1.165, 1.54) is 0 Å². The molecule has 0 bridgehead atoms. The maximum atomic E-state index is 6.33. The molecule has 2 heterocycles. The lowest BCUT2D eigenvalue weighted by atomic mass is 9.81. The van der Waals surface area contributed by atoms with Crippen LogP contribution in [0.5, 0.6) is 5.75 Å². The second kappa shape index (κ2) is 11.0. The zero-order chi connectivity index (χ0) is 24.1. The van der Waals surface area contributed by atoms with Gasteiger partial charge in [0.05, 0.1) is 62.6 Å². The van der Waals surface area contributed by atoms with Gasteiger partial charge in [-0.05, 0) is 45.4 Å². The van der Waals surface area contributed by atoms with Gasteiger partial charge in [0.1, 0.15) is 5.75 Å². The largest absolute Gasteiger partial charge is 0.514 e. The third-order valence-corrected chi connectivity index (χ3v) is 6.34. The van der Waals surface area contributed by atoms with Gasteiger partial charge < -0.3 is 28.3 Å². The van der Waals surface area contributed by atoms with E-state index in [1.54, 1.807) is 14.2 Å². The van der Waals surface area contributed by atoms with E-state index in [-0.39, 0.29) is 0 Å². The Bertz CT molecular complexity index is 881. The van der Waals surface area contributed by atoms with Crippen molar-refractivity contribution in [3.63, 3.8) is 0 Å². The molecular formula is C24H37BN2O6. The molecule has 0 unspecified atom stereocenters. The van der Waals surface area contributed by atoms with E-state index in [2.05, 4.69) is 0 Å². The Morgan fingerprint density at radius 1 is 0.909 bits per heavy atom. The molecule has 1 saturated heterocycles. The van der Waals surface area contributed by atoms with Crippen LogP contribution in [0.1, 0.15) is 44.5 Å². The molecule has 0 amide bonds. The topological polar surface area (TPSA) is 73.2 Å². The number of methoxy groups -OCH3 is 2. The summed E-state index contributed by atoms with van der Waals surface area (Å²) in [5.41, 5.74) is 2.99. The minimum Gasteiger partial charge on any atom is -0.497 e. The van der Waals surface area contributed by atoms with Crippen LogP contribution in [-0.2, 0) is 50.2 Å². The molecule has 0 atom stereocenters. The molecular weight excluding hydrogens is 423 g/mol. The van der Waals surface area contributed by atoms with Crippen molar-refractivity contribution < 1.29 is 28.3 Å². The van der Waals surface area contributed by atoms with Crippen molar-refractivity contribution in [2.24, 2.45) is 7.05 Å². The summed E-state index contributed by atoms with van der Waals surface area (Å²) >= 11 is 0. The summed E-state index contributed by atoms with van der Waals surface area (Å²) in [6, 6.07) is 7.87. The number of aryl methyl sites for hydroxylation is 1. The van der Waals surface area contributed by atoms with Crippen molar-refractivity contribution in [2.45, 2.75) is 58.5 Å². The van der Waals surface area contributed by atoms with Crippen molar-refractivity contribution in [1.82, 2.24) is 9.78 Å². The highest BCUT2D eigenvalue weighted by Gasteiger charge is 2.53. The van der Waals surface area contributed by atoms with E-state index in [4.69, 9.17) is 33.4 Å². The molecule has 0 spiro atoms. The highest BCUT2D eigenvalue weighted by molar-refractivity contribution is 6.61. The van der Waals surface area contributed by atoms with Crippen LogP contribution >= 0.6 is 0 Å². The van der Waals surface area contributed by atoms with Crippen LogP contribution in [-0.4, -0.2) is 62.1 Å². The summed E-state index contributed by atoms with van der Waals surface area (Å²) in [7, 11) is 4.72. The Hall–Kier alpha value is -1.91. The molecule has 1 fully saturated rings. The first-order chi connectivity index (χ1) is 15.7. The highest BCUT2D eigenvalue weighted by Crippen LogP contribution is 2.36. The summed E-state index contributed by atoms with van der Waals surface area (Å²) < 4.78 is 36.6. The van der Waals surface area contributed by atoms with E-state index in [1.807, 2.05) is 63.7 Å². The van der Waals surface area contributed by atoms with Gasteiger partial charge >= 0.3 is 7.12 Å². The van der Waals surface area contributed by atoms with Gasteiger partial charge in [0, 0.05) is 26.1 Å². The molecule has 1 aliphatic rings. The van der Waals surface area contributed by atoms with E-state index < -0.39 is 18.3 Å². The van der Waals surface area contributed by atoms with Gasteiger partial charge in [0.2, 0.25) is 0 Å². The first kappa shape index (κ1) is 25.7. The number of aromatic nitrogens is 2. The van der Waals surface area contributed by atoms with Gasteiger partial charge in [0.25, 0.3) is 0 Å². The third kappa shape index (κ3) is 6.16. The minimum absolute atomic E-state index is 0.396. The van der Waals surface area contributed by atoms with Gasteiger partial charge in [-0.2, -0.15) is 5.10 Å². The number of hydrogen-bond donors (Lipinski definition) is 0. The quantitative estimate of drug-likeness (QED) is 0.356. The maximum Gasteiger partial charge on any atom is 0.514 e. The predicted octanol–water partition coefficient (Wildman–Crippen LogP) is 2.65. The monoisotopic (exact) mass is 460 g/mol. The Balaban J connectivity index is 1.76. The zero-order valence-electron chi connectivity index (χ0n) is 21.0. The van der Waals surface area contributed by atoms with Crippen molar-refractivity contribution in [3.8, 4) is 5.75 Å². The smallest absolute Gasteiger partial charge is 0.497 e. The fourth-order valence-electron chi connectivity index (χ4n) is 3.65. The minimum atomic E-state index is -0.518. The summed E-state index contributed by atoms with van der Waals surface area (Å²) in [4.78, 5) is 0. The van der Waals surface area contributed by atoms with Gasteiger partial charge in [0.15, 0.2) is 0 Å². The maximum absolute atomic E-state index is 6.33. The standard InChI is InChI=1S/C24H37BN2O6/c1-23(2)24(3,4)33-25(32-23)22-20(17-31-16-18-8-10-19(29-7)11-9-18)21(26-27(22)5)12-13-30-15-14-28-6/h8-11H,12-17H2,1-7H3. The van der Waals surface area contributed by atoms with Gasteiger partial charge in [-0.1, -0.05) is 12.1 Å². The van der Waals surface area contributed by atoms with E-state index >= 15 is 0 Å². The molecule has 0 saturated carbocycles. The zero-order valence-corrected chi connectivity index (χ0v) is 21.0. The van der Waals surface area contributed by atoms with E-state index in [0.29, 0.717) is 39.5 Å². The molecule has 0 aliphatic carbocycles. The Morgan fingerprint density at radius 3 is 2.18 bits per heavy atom. The normalized spacial score (nSPS) is 17.0. The number of benzene rings is 1. The Morgan fingerprint density at radius 2 is 1.58 bits per heavy atom. The summed E-state index contributed by atoms with van der Waals surface area (Å²) in [5, 5.41) is 4.77. The van der Waals surface area contributed by atoms with Crippen LogP contribution in [0.3, 0.4) is 0 Å².